The molecule has 0 saturated carbocycles. The molecule has 5 heteroatoms. The molecule has 1 aromatic rings. The maximum absolute atomic E-state index is 12.3. The number of sulfonamides is 1. The van der Waals surface area contributed by atoms with Crippen LogP contribution in [0, 0.1) is 0 Å². The Balaban J connectivity index is 3.26. The van der Waals surface area contributed by atoms with Gasteiger partial charge in [0.15, 0.2) is 0 Å². The van der Waals surface area contributed by atoms with Gasteiger partial charge in [0, 0.05) is 5.54 Å². The molecule has 4 nitrogen and oxygen atoms in total. The second kappa shape index (κ2) is 5.51. The summed E-state index contributed by atoms with van der Waals surface area (Å²) in [4.78, 5) is 0.270. The zero-order valence-corrected chi connectivity index (χ0v) is 13.3. The molecule has 19 heavy (non-hydrogen) atoms. The molecule has 0 aliphatic rings. The van der Waals surface area contributed by atoms with Gasteiger partial charge >= 0.3 is 0 Å². The van der Waals surface area contributed by atoms with Gasteiger partial charge in [-0.05, 0) is 50.5 Å². The fourth-order valence-electron chi connectivity index (χ4n) is 1.79. The maximum Gasteiger partial charge on any atom is 0.241 e. The lowest BCUT2D eigenvalue weighted by Crippen LogP contribution is -2.40. The van der Waals surface area contributed by atoms with E-state index in [4.69, 9.17) is 4.74 Å². The first-order valence-electron chi connectivity index (χ1n) is 6.29. The van der Waals surface area contributed by atoms with Gasteiger partial charge in [0.1, 0.15) is 5.75 Å². The van der Waals surface area contributed by atoms with E-state index in [-0.39, 0.29) is 10.8 Å². The molecule has 0 aliphatic heterocycles. The summed E-state index contributed by atoms with van der Waals surface area (Å²) in [6, 6.07) is 4.95. The predicted molar refractivity (Wildman–Crippen MR) is 77.2 cm³/mol. The SMILES string of the molecule is COc1ccc(S(=O)(=O)NC(C)(C)C)cc1C(C)C. The molecule has 1 rings (SSSR count). The zero-order valence-electron chi connectivity index (χ0n) is 12.4. The Kier molecular flexibility index (Phi) is 4.63. The third-order valence-corrected chi connectivity index (χ3v) is 4.33. The number of methoxy groups -OCH3 is 1. The number of benzene rings is 1. The minimum atomic E-state index is -3.50. The van der Waals surface area contributed by atoms with E-state index in [1.54, 1.807) is 25.3 Å². The summed E-state index contributed by atoms with van der Waals surface area (Å²) in [5, 5.41) is 0. The Hall–Kier alpha value is -1.07. The number of rotatable bonds is 4. The molecule has 0 spiro atoms. The lowest BCUT2D eigenvalue weighted by atomic mass is 10.0. The van der Waals surface area contributed by atoms with Crippen molar-refractivity contribution in [2.45, 2.75) is 51.0 Å². The topological polar surface area (TPSA) is 55.4 Å². The third kappa shape index (κ3) is 4.21. The first kappa shape index (κ1) is 16.0. The van der Waals surface area contributed by atoms with Crippen LogP contribution in [0.4, 0.5) is 0 Å². The van der Waals surface area contributed by atoms with Crippen molar-refractivity contribution >= 4 is 10.0 Å². The summed E-state index contributed by atoms with van der Waals surface area (Å²) in [7, 11) is -1.92. The minimum absolute atomic E-state index is 0.194. The highest BCUT2D eigenvalue weighted by Crippen LogP contribution is 2.29. The first-order chi connectivity index (χ1) is 8.57. The van der Waals surface area contributed by atoms with Crippen LogP contribution in [0.3, 0.4) is 0 Å². The lowest BCUT2D eigenvalue weighted by Gasteiger charge is -2.21. The summed E-state index contributed by atoms with van der Waals surface area (Å²) in [6.07, 6.45) is 0. The van der Waals surface area contributed by atoms with Gasteiger partial charge in [0.2, 0.25) is 10.0 Å². The molecule has 0 amide bonds. The molecule has 0 atom stereocenters. The number of nitrogens with one attached hydrogen (secondary N) is 1. The number of hydrogen-bond acceptors (Lipinski definition) is 3. The van der Waals surface area contributed by atoms with Crippen LogP contribution >= 0.6 is 0 Å². The molecule has 0 bridgehead atoms. The summed E-state index contributed by atoms with van der Waals surface area (Å²) in [5.41, 5.74) is 0.385. The Morgan fingerprint density at radius 1 is 1.21 bits per heavy atom. The predicted octanol–water partition coefficient (Wildman–Crippen LogP) is 2.90. The van der Waals surface area contributed by atoms with E-state index in [9.17, 15) is 8.42 Å². The zero-order chi connectivity index (χ0) is 14.8. The van der Waals surface area contributed by atoms with Gasteiger partial charge in [-0.15, -0.1) is 0 Å². The second-order valence-electron chi connectivity index (χ2n) is 5.91. The van der Waals surface area contributed by atoms with Crippen LogP contribution in [0.1, 0.15) is 46.1 Å². The fourth-order valence-corrected chi connectivity index (χ4v) is 3.25. The van der Waals surface area contributed by atoms with Crippen molar-refractivity contribution in [3.05, 3.63) is 23.8 Å². The summed E-state index contributed by atoms with van der Waals surface area (Å²) >= 11 is 0. The molecule has 1 N–H and O–H groups in total. The monoisotopic (exact) mass is 285 g/mol. The molecule has 0 saturated heterocycles. The Labute approximate surface area is 116 Å². The van der Waals surface area contributed by atoms with Gasteiger partial charge in [-0.1, -0.05) is 13.8 Å². The largest absolute Gasteiger partial charge is 0.496 e. The summed E-state index contributed by atoms with van der Waals surface area (Å²) in [5.74, 6) is 0.907. The first-order valence-corrected chi connectivity index (χ1v) is 7.77. The van der Waals surface area contributed by atoms with E-state index in [1.165, 1.54) is 0 Å². The third-order valence-electron chi connectivity index (χ3n) is 2.57. The molecule has 0 radical (unpaired) electrons. The van der Waals surface area contributed by atoms with Crippen LogP contribution in [0.5, 0.6) is 5.75 Å². The highest BCUT2D eigenvalue weighted by molar-refractivity contribution is 7.89. The molecule has 1 aromatic carbocycles. The van der Waals surface area contributed by atoms with Crippen molar-refractivity contribution in [1.29, 1.82) is 0 Å². The standard InChI is InChI=1S/C14H23NO3S/c1-10(2)12-9-11(7-8-13(12)18-6)19(16,17)15-14(3,4)5/h7-10,15H,1-6H3. The van der Waals surface area contributed by atoms with E-state index < -0.39 is 15.6 Å². The van der Waals surface area contributed by atoms with E-state index >= 15 is 0 Å². The van der Waals surface area contributed by atoms with Crippen LogP contribution in [0.2, 0.25) is 0 Å². The molecule has 0 aliphatic carbocycles. The molecule has 0 fully saturated rings. The van der Waals surface area contributed by atoms with Crippen LogP contribution < -0.4 is 9.46 Å². The van der Waals surface area contributed by atoms with E-state index in [0.29, 0.717) is 5.75 Å². The van der Waals surface area contributed by atoms with Crippen molar-refractivity contribution in [2.24, 2.45) is 0 Å². The van der Waals surface area contributed by atoms with Gasteiger partial charge in [0.05, 0.1) is 12.0 Å². The average Bonchev–Trinajstić information content (AvgIpc) is 2.24. The van der Waals surface area contributed by atoms with Crippen molar-refractivity contribution < 1.29 is 13.2 Å². The number of hydrogen-bond donors (Lipinski definition) is 1. The van der Waals surface area contributed by atoms with Crippen LogP contribution in [-0.4, -0.2) is 21.1 Å². The van der Waals surface area contributed by atoms with Crippen LogP contribution in [0.15, 0.2) is 23.1 Å². The van der Waals surface area contributed by atoms with Gasteiger partial charge < -0.3 is 4.74 Å². The van der Waals surface area contributed by atoms with E-state index in [1.807, 2.05) is 34.6 Å². The van der Waals surface area contributed by atoms with Crippen LogP contribution in [0.25, 0.3) is 0 Å². The smallest absolute Gasteiger partial charge is 0.241 e. The normalized spacial score (nSPS) is 12.8. The fraction of sp³-hybridized carbons (Fsp3) is 0.571. The highest BCUT2D eigenvalue weighted by atomic mass is 32.2. The van der Waals surface area contributed by atoms with Crippen molar-refractivity contribution in [3.8, 4) is 5.75 Å². The van der Waals surface area contributed by atoms with Crippen molar-refractivity contribution in [3.63, 3.8) is 0 Å². The summed E-state index contributed by atoms with van der Waals surface area (Å²) in [6.45, 7) is 9.46. The highest BCUT2D eigenvalue weighted by Gasteiger charge is 2.23. The van der Waals surface area contributed by atoms with Crippen LogP contribution in [-0.2, 0) is 10.0 Å². The van der Waals surface area contributed by atoms with E-state index in [2.05, 4.69) is 4.72 Å². The molecule has 0 aromatic heterocycles. The quantitative estimate of drug-likeness (QED) is 0.925. The second-order valence-corrected chi connectivity index (χ2v) is 7.60. The number of ether oxygens (including phenoxy) is 1. The van der Waals surface area contributed by atoms with Gasteiger partial charge in [-0.2, -0.15) is 0 Å². The van der Waals surface area contributed by atoms with Gasteiger partial charge in [-0.25, -0.2) is 13.1 Å². The van der Waals surface area contributed by atoms with Gasteiger partial charge in [-0.3, -0.25) is 0 Å². The Morgan fingerprint density at radius 2 is 1.79 bits per heavy atom. The Morgan fingerprint density at radius 3 is 2.21 bits per heavy atom. The molecule has 0 heterocycles. The molecular weight excluding hydrogens is 262 g/mol. The van der Waals surface area contributed by atoms with E-state index in [0.717, 1.165) is 5.56 Å². The average molecular weight is 285 g/mol. The van der Waals surface area contributed by atoms with Crippen molar-refractivity contribution in [2.75, 3.05) is 7.11 Å². The lowest BCUT2D eigenvalue weighted by molar-refractivity contribution is 0.407. The van der Waals surface area contributed by atoms with Gasteiger partial charge in [0.25, 0.3) is 0 Å². The summed E-state index contributed by atoms with van der Waals surface area (Å²) < 4.78 is 32.4. The molecule has 108 valence electrons. The maximum atomic E-state index is 12.3. The van der Waals surface area contributed by atoms with Crippen molar-refractivity contribution in [1.82, 2.24) is 4.72 Å². The Bertz CT molecular complexity index is 542. The minimum Gasteiger partial charge on any atom is -0.496 e. The molecular formula is C14H23NO3S. The molecule has 0 unspecified atom stereocenters.